The lowest BCUT2D eigenvalue weighted by molar-refractivity contribution is 0.0670. The van der Waals surface area contributed by atoms with Gasteiger partial charge in [-0.15, -0.1) is 0 Å². The largest absolute Gasteiger partial charge is 0.382 e. The predicted octanol–water partition coefficient (Wildman–Crippen LogP) is 2.58. The standard InChI is InChI=1S/C17H26N2O2/c1-3-16(18)13-15-6-4-5-14-7-8-19(17(14)15)9-10-21-12-11-20-2/h4-8,16H,3,9-13,18H2,1-2H3. The Morgan fingerprint density at radius 1 is 1.19 bits per heavy atom. The van der Waals surface area contributed by atoms with E-state index in [4.69, 9.17) is 15.2 Å². The molecule has 2 aromatic rings. The highest BCUT2D eigenvalue weighted by Gasteiger charge is 2.09. The maximum Gasteiger partial charge on any atom is 0.0701 e. The monoisotopic (exact) mass is 290 g/mol. The maximum absolute atomic E-state index is 6.12. The van der Waals surface area contributed by atoms with Crippen LogP contribution in [0.3, 0.4) is 0 Å². The van der Waals surface area contributed by atoms with Gasteiger partial charge in [-0.05, 0) is 29.9 Å². The Morgan fingerprint density at radius 2 is 2.05 bits per heavy atom. The zero-order valence-electron chi connectivity index (χ0n) is 13.0. The van der Waals surface area contributed by atoms with Crippen molar-refractivity contribution in [1.29, 1.82) is 0 Å². The molecule has 21 heavy (non-hydrogen) atoms. The fourth-order valence-electron chi connectivity index (χ4n) is 2.53. The van der Waals surface area contributed by atoms with Crippen molar-refractivity contribution < 1.29 is 9.47 Å². The first kappa shape index (κ1) is 16.0. The van der Waals surface area contributed by atoms with Crippen molar-refractivity contribution in [1.82, 2.24) is 4.57 Å². The molecule has 0 aliphatic carbocycles. The third kappa shape index (κ3) is 4.30. The number of aromatic nitrogens is 1. The van der Waals surface area contributed by atoms with Crippen LogP contribution in [0.2, 0.25) is 0 Å². The fourth-order valence-corrected chi connectivity index (χ4v) is 2.53. The predicted molar refractivity (Wildman–Crippen MR) is 86.6 cm³/mol. The van der Waals surface area contributed by atoms with Crippen molar-refractivity contribution in [2.45, 2.75) is 32.4 Å². The highest BCUT2D eigenvalue weighted by molar-refractivity contribution is 5.83. The van der Waals surface area contributed by atoms with Crippen LogP contribution in [-0.4, -0.2) is 37.5 Å². The third-order valence-electron chi connectivity index (χ3n) is 3.79. The molecule has 1 atom stereocenters. The summed E-state index contributed by atoms with van der Waals surface area (Å²) in [5.41, 5.74) is 8.73. The molecule has 0 spiro atoms. The molecule has 1 aromatic carbocycles. The van der Waals surface area contributed by atoms with Gasteiger partial charge in [0.25, 0.3) is 0 Å². The van der Waals surface area contributed by atoms with Crippen molar-refractivity contribution >= 4 is 10.9 Å². The van der Waals surface area contributed by atoms with Crippen LogP contribution in [-0.2, 0) is 22.4 Å². The minimum absolute atomic E-state index is 0.219. The Bertz CT molecular complexity index is 551. The second-order valence-electron chi connectivity index (χ2n) is 5.34. The Labute approximate surface area is 126 Å². The minimum atomic E-state index is 0.219. The van der Waals surface area contributed by atoms with Gasteiger partial charge in [-0.1, -0.05) is 25.1 Å². The molecular formula is C17H26N2O2. The molecule has 2 N–H and O–H groups in total. The zero-order valence-corrected chi connectivity index (χ0v) is 13.0. The molecule has 0 fully saturated rings. The second kappa shape index (κ2) is 8.17. The minimum Gasteiger partial charge on any atom is -0.382 e. The maximum atomic E-state index is 6.12. The number of nitrogens with zero attached hydrogens (tertiary/aromatic N) is 1. The molecule has 0 saturated heterocycles. The van der Waals surface area contributed by atoms with Crippen LogP contribution < -0.4 is 5.73 Å². The van der Waals surface area contributed by atoms with E-state index in [9.17, 15) is 0 Å². The summed E-state index contributed by atoms with van der Waals surface area (Å²) in [4.78, 5) is 0. The number of fused-ring (bicyclic) bond motifs is 1. The highest BCUT2D eigenvalue weighted by atomic mass is 16.5. The molecule has 0 aliphatic rings. The summed E-state index contributed by atoms with van der Waals surface area (Å²) in [6.45, 7) is 4.96. The van der Waals surface area contributed by atoms with Crippen LogP contribution in [0.15, 0.2) is 30.5 Å². The van der Waals surface area contributed by atoms with E-state index in [0.29, 0.717) is 19.8 Å². The molecule has 2 rings (SSSR count). The summed E-state index contributed by atoms with van der Waals surface area (Å²) < 4.78 is 12.8. The van der Waals surface area contributed by atoms with Gasteiger partial charge in [0, 0.05) is 25.9 Å². The van der Waals surface area contributed by atoms with E-state index in [-0.39, 0.29) is 6.04 Å². The summed E-state index contributed by atoms with van der Waals surface area (Å²) in [5.74, 6) is 0. The Hall–Kier alpha value is -1.36. The normalized spacial score (nSPS) is 12.9. The summed E-state index contributed by atoms with van der Waals surface area (Å²) in [7, 11) is 1.69. The Morgan fingerprint density at radius 3 is 2.81 bits per heavy atom. The van der Waals surface area contributed by atoms with Gasteiger partial charge in [-0.3, -0.25) is 0 Å². The fraction of sp³-hybridized carbons (Fsp3) is 0.529. The van der Waals surface area contributed by atoms with Crippen molar-refractivity contribution in [2.75, 3.05) is 26.9 Å². The van der Waals surface area contributed by atoms with Crippen molar-refractivity contribution in [3.05, 3.63) is 36.0 Å². The Kier molecular flexibility index (Phi) is 6.23. The van der Waals surface area contributed by atoms with E-state index < -0.39 is 0 Å². The zero-order chi connectivity index (χ0) is 15.1. The molecule has 0 bridgehead atoms. The van der Waals surface area contributed by atoms with Gasteiger partial charge in [0.2, 0.25) is 0 Å². The van der Waals surface area contributed by atoms with E-state index in [1.165, 1.54) is 16.5 Å². The molecule has 1 aromatic heterocycles. The third-order valence-corrected chi connectivity index (χ3v) is 3.79. The van der Waals surface area contributed by atoms with Gasteiger partial charge < -0.3 is 19.8 Å². The van der Waals surface area contributed by atoms with Gasteiger partial charge in [-0.25, -0.2) is 0 Å². The molecule has 116 valence electrons. The Balaban J connectivity index is 2.09. The van der Waals surface area contributed by atoms with Gasteiger partial charge >= 0.3 is 0 Å². The molecule has 1 unspecified atom stereocenters. The number of nitrogens with two attached hydrogens (primary N) is 1. The second-order valence-corrected chi connectivity index (χ2v) is 5.34. The number of hydrogen-bond acceptors (Lipinski definition) is 3. The summed E-state index contributed by atoms with van der Waals surface area (Å²) in [5, 5.41) is 1.27. The van der Waals surface area contributed by atoms with Gasteiger partial charge in [0.1, 0.15) is 0 Å². The first-order valence-corrected chi connectivity index (χ1v) is 7.65. The number of rotatable bonds is 9. The van der Waals surface area contributed by atoms with E-state index in [1.807, 2.05) is 0 Å². The topological polar surface area (TPSA) is 49.4 Å². The summed E-state index contributed by atoms with van der Waals surface area (Å²) in [6, 6.07) is 8.82. The van der Waals surface area contributed by atoms with E-state index in [0.717, 1.165) is 19.4 Å². The van der Waals surface area contributed by atoms with Crippen LogP contribution in [0.5, 0.6) is 0 Å². The van der Waals surface area contributed by atoms with Gasteiger partial charge in [0.15, 0.2) is 0 Å². The first-order valence-electron chi connectivity index (χ1n) is 7.65. The van der Waals surface area contributed by atoms with Gasteiger partial charge in [0.05, 0.1) is 25.3 Å². The van der Waals surface area contributed by atoms with Crippen LogP contribution in [0.4, 0.5) is 0 Å². The number of methoxy groups -OCH3 is 1. The first-order chi connectivity index (χ1) is 10.3. The van der Waals surface area contributed by atoms with Crippen molar-refractivity contribution in [3.63, 3.8) is 0 Å². The molecule has 0 saturated carbocycles. The molecule has 1 heterocycles. The number of ether oxygens (including phenoxy) is 2. The number of para-hydroxylation sites is 1. The van der Waals surface area contributed by atoms with Crippen LogP contribution in [0, 0.1) is 0 Å². The molecule has 0 radical (unpaired) electrons. The van der Waals surface area contributed by atoms with E-state index >= 15 is 0 Å². The summed E-state index contributed by atoms with van der Waals surface area (Å²) >= 11 is 0. The van der Waals surface area contributed by atoms with Crippen LogP contribution >= 0.6 is 0 Å². The lowest BCUT2D eigenvalue weighted by Gasteiger charge is -2.13. The van der Waals surface area contributed by atoms with Gasteiger partial charge in [-0.2, -0.15) is 0 Å². The van der Waals surface area contributed by atoms with E-state index in [2.05, 4.69) is 42.0 Å². The van der Waals surface area contributed by atoms with Crippen LogP contribution in [0.25, 0.3) is 10.9 Å². The molecule has 4 heteroatoms. The van der Waals surface area contributed by atoms with E-state index in [1.54, 1.807) is 7.11 Å². The smallest absolute Gasteiger partial charge is 0.0701 e. The summed E-state index contributed by atoms with van der Waals surface area (Å²) in [6.07, 6.45) is 4.05. The molecule has 4 nitrogen and oxygen atoms in total. The number of hydrogen-bond donors (Lipinski definition) is 1. The van der Waals surface area contributed by atoms with Crippen molar-refractivity contribution in [2.24, 2.45) is 5.73 Å². The van der Waals surface area contributed by atoms with Crippen molar-refractivity contribution in [3.8, 4) is 0 Å². The molecular weight excluding hydrogens is 264 g/mol. The lowest BCUT2D eigenvalue weighted by atomic mass is 10.0. The lowest BCUT2D eigenvalue weighted by Crippen LogP contribution is -2.21. The number of benzene rings is 1. The highest BCUT2D eigenvalue weighted by Crippen LogP contribution is 2.21. The molecule has 0 aliphatic heterocycles. The SMILES string of the molecule is CCC(N)Cc1cccc2ccn(CCOCCOC)c12. The quantitative estimate of drug-likeness (QED) is 0.722. The molecule has 0 amide bonds. The van der Waals surface area contributed by atoms with Crippen LogP contribution in [0.1, 0.15) is 18.9 Å². The average Bonchev–Trinajstić information content (AvgIpc) is 2.91. The average molecular weight is 290 g/mol.